The van der Waals surface area contributed by atoms with Gasteiger partial charge in [0.2, 0.25) is 5.13 Å². The molecule has 11 heteroatoms. The number of amides is 1. The van der Waals surface area contributed by atoms with Gasteiger partial charge < -0.3 is 4.48 Å². The largest absolute Gasteiger partial charge is 0.323 e. The fourth-order valence-electron chi connectivity index (χ4n) is 4.47. The molecular weight excluding hydrogens is 574 g/mol. The van der Waals surface area contributed by atoms with Crippen LogP contribution in [0.4, 0.5) is 5.69 Å². The van der Waals surface area contributed by atoms with E-state index in [9.17, 15) is 14.9 Å². The number of thiazole rings is 1. The summed E-state index contributed by atoms with van der Waals surface area (Å²) in [5, 5.41) is 21.4. The molecule has 1 N–H and O–H groups in total. The van der Waals surface area contributed by atoms with Crippen molar-refractivity contribution in [2.45, 2.75) is 6.92 Å². The number of hydrogen-bond acceptors (Lipinski definition) is 7. The zero-order valence-electron chi connectivity index (χ0n) is 24.8. The summed E-state index contributed by atoms with van der Waals surface area (Å²) in [6.45, 7) is 2.11. The van der Waals surface area contributed by atoms with Crippen LogP contribution in [0.3, 0.4) is 0 Å². The molecule has 0 radical (unpaired) electrons. The van der Waals surface area contributed by atoms with Crippen molar-refractivity contribution in [2.24, 2.45) is 5.10 Å². The van der Waals surface area contributed by atoms with E-state index >= 15 is 0 Å². The van der Waals surface area contributed by atoms with Crippen LogP contribution in [0.5, 0.6) is 0 Å². The van der Waals surface area contributed by atoms with Crippen molar-refractivity contribution in [2.75, 3.05) is 27.7 Å². The SMILES string of the molecule is Cc1nc(-n2nc(-c3ccccc3)cc2-c2ccccc2)sc1C(/C=C\c1cccc([N+](=O)[O-])c1)=N\NC(=O)C[N+](C)(C)C. The van der Waals surface area contributed by atoms with Gasteiger partial charge in [0.25, 0.3) is 11.6 Å². The first-order chi connectivity index (χ1) is 21.1. The van der Waals surface area contributed by atoms with Gasteiger partial charge in [-0.25, -0.2) is 15.1 Å². The lowest BCUT2D eigenvalue weighted by molar-refractivity contribution is -0.862. The van der Waals surface area contributed by atoms with Crippen LogP contribution in [0.25, 0.3) is 33.7 Å². The number of hydrogen-bond donors (Lipinski definition) is 1. The van der Waals surface area contributed by atoms with Gasteiger partial charge in [0.1, 0.15) is 5.71 Å². The molecule has 222 valence electrons. The van der Waals surface area contributed by atoms with Gasteiger partial charge in [-0.2, -0.15) is 10.2 Å². The summed E-state index contributed by atoms with van der Waals surface area (Å²) in [5.41, 5.74) is 8.11. The van der Waals surface area contributed by atoms with E-state index in [0.717, 1.165) is 27.4 Å². The molecule has 10 nitrogen and oxygen atoms in total. The molecule has 0 aliphatic carbocycles. The Bertz CT molecular complexity index is 1850. The van der Waals surface area contributed by atoms with Crippen molar-refractivity contribution in [1.29, 1.82) is 0 Å². The molecule has 5 aromatic rings. The van der Waals surface area contributed by atoms with E-state index in [1.807, 2.05) is 99.5 Å². The predicted molar refractivity (Wildman–Crippen MR) is 175 cm³/mol. The fourth-order valence-corrected chi connectivity index (χ4v) is 5.47. The zero-order chi connectivity index (χ0) is 31.3. The van der Waals surface area contributed by atoms with Crippen LogP contribution >= 0.6 is 11.3 Å². The highest BCUT2D eigenvalue weighted by Crippen LogP contribution is 2.31. The Balaban J connectivity index is 1.57. The maximum atomic E-state index is 12.7. The predicted octanol–water partition coefficient (Wildman–Crippen LogP) is 6.12. The average Bonchev–Trinajstić information content (AvgIpc) is 3.61. The van der Waals surface area contributed by atoms with E-state index in [2.05, 4.69) is 10.5 Å². The van der Waals surface area contributed by atoms with Crippen molar-refractivity contribution in [1.82, 2.24) is 20.2 Å². The lowest BCUT2D eigenvalue weighted by atomic mass is 10.1. The monoisotopic (exact) mass is 606 g/mol. The van der Waals surface area contributed by atoms with Crippen LogP contribution in [0, 0.1) is 17.0 Å². The third-order valence-electron chi connectivity index (χ3n) is 6.48. The molecule has 0 bridgehead atoms. The molecule has 0 saturated heterocycles. The number of non-ortho nitro benzene ring substituents is 1. The minimum atomic E-state index is -0.435. The van der Waals surface area contributed by atoms with Gasteiger partial charge in [0.05, 0.1) is 48.0 Å². The molecule has 0 fully saturated rings. The number of benzene rings is 3. The Morgan fingerprint density at radius 3 is 2.34 bits per heavy atom. The molecule has 3 aromatic carbocycles. The Labute approximate surface area is 259 Å². The molecule has 0 spiro atoms. The number of carbonyl (C=O) groups excluding carboxylic acids is 1. The third kappa shape index (κ3) is 7.38. The molecule has 2 aromatic heterocycles. The van der Waals surface area contributed by atoms with Crippen molar-refractivity contribution >= 4 is 34.7 Å². The van der Waals surface area contributed by atoms with E-state index in [4.69, 9.17) is 10.1 Å². The normalized spacial score (nSPS) is 12.0. The lowest BCUT2D eigenvalue weighted by Crippen LogP contribution is -2.43. The van der Waals surface area contributed by atoms with Gasteiger partial charge in [0, 0.05) is 23.3 Å². The number of allylic oxidation sites excluding steroid dienone is 1. The highest BCUT2D eigenvalue weighted by molar-refractivity contribution is 7.16. The molecule has 0 aliphatic rings. The first-order valence-corrected chi connectivity index (χ1v) is 14.7. The maximum absolute atomic E-state index is 12.7. The molecule has 0 unspecified atom stereocenters. The molecule has 0 aliphatic heterocycles. The van der Waals surface area contributed by atoms with E-state index in [1.54, 1.807) is 24.3 Å². The Morgan fingerprint density at radius 1 is 1.00 bits per heavy atom. The number of quaternary nitrogens is 1. The highest BCUT2D eigenvalue weighted by atomic mass is 32.1. The topological polar surface area (TPSA) is 115 Å². The van der Waals surface area contributed by atoms with E-state index < -0.39 is 4.92 Å². The first-order valence-electron chi connectivity index (χ1n) is 13.9. The zero-order valence-corrected chi connectivity index (χ0v) is 25.7. The fraction of sp³-hybridized carbons (Fsp3) is 0.152. The van der Waals surface area contributed by atoms with Crippen LogP contribution in [0.15, 0.2) is 102 Å². The number of aromatic nitrogens is 3. The van der Waals surface area contributed by atoms with Gasteiger partial charge in [-0.1, -0.05) is 90.2 Å². The third-order valence-corrected chi connectivity index (χ3v) is 7.64. The average molecular weight is 607 g/mol. The number of nitro benzene ring substituents is 1. The maximum Gasteiger partial charge on any atom is 0.295 e. The lowest BCUT2D eigenvalue weighted by Gasteiger charge is -2.22. The number of carbonyl (C=O) groups is 1. The van der Waals surface area contributed by atoms with Crippen molar-refractivity contribution < 1.29 is 14.2 Å². The molecular formula is C33H32N7O3S+. The molecule has 0 saturated carbocycles. The molecule has 44 heavy (non-hydrogen) atoms. The summed E-state index contributed by atoms with van der Waals surface area (Å²) in [6, 6.07) is 28.3. The number of hydrazone groups is 1. The summed E-state index contributed by atoms with van der Waals surface area (Å²) in [7, 11) is 5.76. The van der Waals surface area contributed by atoms with Gasteiger partial charge in [-0.3, -0.25) is 14.9 Å². The number of rotatable bonds is 10. The summed E-state index contributed by atoms with van der Waals surface area (Å²) < 4.78 is 2.27. The second-order valence-corrected chi connectivity index (χ2v) is 12.1. The quantitative estimate of drug-likeness (QED) is 0.0890. The van der Waals surface area contributed by atoms with Crippen molar-refractivity contribution in [3.8, 4) is 27.6 Å². The number of aryl methyl sites for hydroxylation is 1. The smallest absolute Gasteiger partial charge is 0.295 e. The van der Waals surface area contributed by atoms with Crippen molar-refractivity contribution in [3.05, 3.63) is 123 Å². The van der Waals surface area contributed by atoms with E-state index in [-0.39, 0.29) is 18.1 Å². The van der Waals surface area contributed by atoms with Gasteiger partial charge >= 0.3 is 0 Å². The minimum absolute atomic E-state index is 0.0144. The summed E-state index contributed by atoms with van der Waals surface area (Å²) in [6.07, 6.45) is 3.46. The molecule has 1 amide bonds. The minimum Gasteiger partial charge on any atom is -0.323 e. The van der Waals surface area contributed by atoms with E-state index in [1.165, 1.54) is 23.5 Å². The second kappa shape index (κ2) is 12.9. The summed E-state index contributed by atoms with van der Waals surface area (Å²) >= 11 is 1.39. The van der Waals surface area contributed by atoms with Gasteiger partial charge in [0.15, 0.2) is 6.54 Å². The van der Waals surface area contributed by atoms with Gasteiger partial charge in [-0.15, -0.1) is 0 Å². The van der Waals surface area contributed by atoms with E-state index in [0.29, 0.717) is 26.6 Å². The number of likely N-dealkylation sites (N-methyl/N-ethyl adjacent to an activating group) is 1. The van der Waals surface area contributed by atoms with Crippen LogP contribution in [0.1, 0.15) is 16.1 Å². The number of nitrogens with one attached hydrogen (secondary N) is 1. The highest BCUT2D eigenvalue weighted by Gasteiger charge is 2.20. The summed E-state index contributed by atoms with van der Waals surface area (Å²) in [5.74, 6) is -0.243. The van der Waals surface area contributed by atoms with Crippen LogP contribution in [-0.4, -0.2) is 63.5 Å². The van der Waals surface area contributed by atoms with Crippen LogP contribution in [0.2, 0.25) is 0 Å². The molecule has 5 rings (SSSR count). The van der Waals surface area contributed by atoms with Gasteiger partial charge in [-0.05, 0) is 24.6 Å². The summed E-state index contributed by atoms with van der Waals surface area (Å²) in [4.78, 5) is 29.1. The molecule has 2 heterocycles. The Kier molecular flexibility index (Phi) is 8.88. The first kappa shape index (κ1) is 30.2. The molecule has 0 atom stereocenters. The van der Waals surface area contributed by atoms with Crippen LogP contribution < -0.4 is 5.43 Å². The van der Waals surface area contributed by atoms with Crippen LogP contribution in [-0.2, 0) is 4.79 Å². The van der Waals surface area contributed by atoms with Crippen molar-refractivity contribution in [3.63, 3.8) is 0 Å². The Morgan fingerprint density at radius 2 is 1.68 bits per heavy atom. The number of nitrogens with zero attached hydrogens (tertiary/aromatic N) is 6. The Hall–Kier alpha value is -5.26. The standard InChI is InChI=1S/C33H31N7O3S/c1-23-32(28(35-36-31(41)22-40(2,3)4)19-18-24-12-11-17-27(20-24)39(42)43)44-33(34-23)38-30(26-15-9-6-10-16-26)21-29(37-38)25-13-7-5-8-14-25/h5-21H,22H2,1-4H3/p+1/b19-18-,35-28-. The number of nitro groups is 1. The second-order valence-electron chi connectivity index (χ2n) is 11.1.